The van der Waals surface area contributed by atoms with Gasteiger partial charge < -0.3 is 10.5 Å². The summed E-state index contributed by atoms with van der Waals surface area (Å²) in [7, 11) is 0. The number of urea groups is 1. The number of ether oxygens (including phenoxy) is 1. The molecule has 5 nitrogen and oxygen atoms in total. The number of amides is 2. The van der Waals surface area contributed by atoms with Gasteiger partial charge in [0.25, 0.3) is 0 Å². The Morgan fingerprint density at radius 2 is 2.08 bits per heavy atom. The van der Waals surface area contributed by atoms with E-state index in [1.807, 2.05) is 24.3 Å². The number of carbonyl (C=O) groups is 1. The van der Waals surface area contributed by atoms with Crippen LogP contribution in [0.3, 0.4) is 0 Å². The minimum Gasteiger partial charge on any atom is -0.351 e. The van der Waals surface area contributed by atoms with Gasteiger partial charge in [0.2, 0.25) is 0 Å². The third-order valence-corrected chi connectivity index (χ3v) is 4.65. The highest BCUT2D eigenvalue weighted by molar-refractivity contribution is 5.92. The number of carbonyl (C=O) groups excluding carboxylic acids is 1. The van der Waals surface area contributed by atoms with E-state index in [1.165, 1.54) is 11.0 Å². The van der Waals surface area contributed by atoms with Gasteiger partial charge in [-0.15, -0.1) is 0 Å². The molecule has 0 saturated carbocycles. The van der Waals surface area contributed by atoms with Crippen molar-refractivity contribution in [3.63, 3.8) is 0 Å². The van der Waals surface area contributed by atoms with Gasteiger partial charge in [-0.2, -0.15) is 0 Å². The van der Waals surface area contributed by atoms with E-state index < -0.39 is 12.4 Å². The SMILES string of the molecule is NC(=O)N1c2ccccc2COC1NC1CCc2cc(F)ccc21. The van der Waals surface area contributed by atoms with Crippen LogP contribution in [0.1, 0.15) is 29.2 Å². The summed E-state index contributed by atoms with van der Waals surface area (Å²) in [6, 6.07) is 11.8. The molecule has 0 radical (unpaired) electrons. The second-order valence-corrected chi connectivity index (χ2v) is 6.10. The number of nitrogens with two attached hydrogens (primary N) is 1. The molecule has 2 aromatic rings. The molecule has 4 rings (SSSR count). The van der Waals surface area contributed by atoms with Crippen LogP contribution < -0.4 is 16.0 Å². The Morgan fingerprint density at radius 3 is 2.92 bits per heavy atom. The highest BCUT2D eigenvalue weighted by Gasteiger charge is 2.34. The summed E-state index contributed by atoms with van der Waals surface area (Å²) in [6.07, 6.45) is 0.982. The number of halogens is 1. The molecule has 2 atom stereocenters. The average Bonchev–Trinajstić information content (AvgIpc) is 2.96. The van der Waals surface area contributed by atoms with Gasteiger partial charge >= 0.3 is 6.03 Å². The fraction of sp³-hybridized carbons (Fsp3) is 0.278. The van der Waals surface area contributed by atoms with Crippen LogP contribution >= 0.6 is 0 Å². The van der Waals surface area contributed by atoms with Crippen molar-refractivity contribution >= 4 is 11.7 Å². The number of anilines is 1. The Morgan fingerprint density at radius 1 is 1.25 bits per heavy atom. The lowest BCUT2D eigenvalue weighted by molar-refractivity contribution is 0.00413. The third-order valence-electron chi connectivity index (χ3n) is 4.65. The first-order valence-electron chi connectivity index (χ1n) is 7.96. The van der Waals surface area contributed by atoms with Crippen LogP contribution in [0.5, 0.6) is 0 Å². The molecule has 24 heavy (non-hydrogen) atoms. The third kappa shape index (κ3) is 2.53. The lowest BCUT2D eigenvalue weighted by Crippen LogP contribution is -2.55. The van der Waals surface area contributed by atoms with Crippen molar-refractivity contribution in [3.8, 4) is 0 Å². The summed E-state index contributed by atoms with van der Waals surface area (Å²) < 4.78 is 19.2. The quantitative estimate of drug-likeness (QED) is 0.891. The van der Waals surface area contributed by atoms with Gasteiger partial charge in [-0.3, -0.25) is 10.2 Å². The van der Waals surface area contributed by atoms with E-state index in [2.05, 4.69) is 5.32 Å². The van der Waals surface area contributed by atoms with Crippen LogP contribution in [-0.4, -0.2) is 12.4 Å². The molecule has 0 bridgehead atoms. The van der Waals surface area contributed by atoms with Crippen molar-refractivity contribution < 1.29 is 13.9 Å². The molecule has 0 saturated heterocycles. The van der Waals surface area contributed by atoms with Crippen molar-refractivity contribution in [2.75, 3.05) is 4.90 Å². The number of nitrogens with zero attached hydrogens (tertiary/aromatic N) is 1. The van der Waals surface area contributed by atoms with Crippen LogP contribution in [-0.2, 0) is 17.8 Å². The summed E-state index contributed by atoms with van der Waals surface area (Å²) in [5.74, 6) is -0.226. The number of fused-ring (bicyclic) bond motifs is 2. The average molecular weight is 327 g/mol. The van der Waals surface area contributed by atoms with Crippen molar-refractivity contribution in [1.29, 1.82) is 0 Å². The first-order chi connectivity index (χ1) is 11.6. The van der Waals surface area contributed by atoms with Gasteiger partial charge in [0.1, 0.15) is 5.82 Å². The predicted octanol–water partition coefficient (Wildman–Crippen LogP) is 2.80. The molecule has 1 aliphatic heterocycles. The Kier molecular flexibility index (Phi) is 3.70. The molecular weight excluding hydrogens is 309 g/mol. The number of benzene rings is 2. The lowest BCUT2D eigenvalue weighted by Gasteiger charge is -2.37. The van der Waals surface area contributed by atoms with E-state index in [-0.39, 0.29) is 11.9 Å². The minimum absolute atomic E-state index is 0.00212. The Balaban J connectivity index is 1.61. The summed E-state index contributed by atoms with van der Waals surface area (Å²) in [4.78, 5) is 13.4. The predicted molar refractivity (Wildman–Crippen MR) is 87.7 cm³/mol. The number of rotatable bonds is 2. The zero-order chi connectivity index (χ0) is 16.7. The lowest BCUT2D eigenvalue weighted by atomic mass is 10.1. The van der Waals surface area contributed by atoms with Gasteiger partial charge in [0.05, 0.1) is 12.3 Å². The van der Waals surface area contributed by atoms with E-state index in [1.54, 1.807) is 12.1 Å². The number of primary amides is 1. The smallest absolute Gasteiger partial charge is 0.322 e. The molecule has 2 amide bonds. The zero-order valence-corrected chi connectivity index (χ0v) is 13.0. The maximum absolute atomic E-state index is 13.4. The Labute approximate surface area is 139 Å². The number of hydrogen-bond donors (Lipinski definition) is 2. The standard InChI is InChI=1S/C18H18FN3O2/c19-13-6-7-14-11(9-13)5-8-15(14)21-18-22(17(20)23)16-4-2-1-3-12(16)10-24-18/h1-4,6-7,9,15,18,21H,5,8,10H2,(H2,20,23). The summed E-state index contributed by atoms with van der Waals surface area (Å²) in [5.41, 5.74) is 9.29. The molecule has 2 aliphatic rings. The second kappa shape index (κ2) is 5.89. The molecule has 1 heterocycles. The zero-order valence-electron chi connectivity index (χ0n) is 13.0. The van der Waals surface area contributed by atoms with Crippen molar-refractivity contribution in [2.45, 2.75) is 31.8 Å². The topological polar surface area (TPSA) is 67.6 Å². The molecule has 0 fully saturated rings. The monoisotopic (exact) mass is 327 g/mol. The first-order valence-corrected chi connectivity index (χ1v) is 7.96. The van der Waals surface area contributed by atoms with Crippen LogP contribution in [0.4, 0.5) is 14.9 Å². The first kappa shape index (κ1) is 15.1. The van der Waals surface area contributed by atoms with Gasteiger partial charge in [-0.25, -0.2) is 9.18 Å². The van der Waals surface area contributed by atoms with Crippen LogP contribution in [0.25, 0.3) is 0 Å². The van der Waals surface area contributed by atoms with Crippen LogP contribution in [0, 0.1) is 5.82 Å². The Bertz CT molecular complexity index is 796. The number of aryl methyl sites for hydroxylation is 1. The number of hydrogen-bond acceptors (Lipinski definition) is 3. The van der Waals surface area contributed by atoms with E-state index in [0.717, 1.165) is 35.2 Å². The Hall–Kier alpha value is -2.44. The van der Waals surface area contributed by atoms with Gasteiger partial charge in [-0.05, 0) is 42.2 Å². The van der Waals surface area contributed by atoms with Crippen molar-refractivity contribution in [3.05, 3.63) is 65.0 Å². The highest BCUT2D eigenvalue weighted by atomic mass is 19.1. The van der Waals surface area contributed by atoms with Crippen molar-refractivity contribution in [2.24, 2.45) is 5.73 Å². The van der Waals surface area contributed by atoms with E-state index >= 15 is 0 Å². The summed E-state index contributed by atoms with van der Waals surface area (Å²) in [5, 5.41) is 3.35. The van der Waals surface area contributed by atoms with Gasteiger partial charge in [0, 0.05) is 11.6 Å². The fourth-order valence-electron chi connectivity index (χ4n) is 3.53. The summed E-state index contributed by atoms with van der Waals surface area (Å²) >= 11 is 0. The molecule has 2 unspecified atom stereocenters. The molecule has 3 N–H and O–H groups in total. The molecule has 1 aliphatic carbocycles. The maximum atomic E-state index is 13.4. The highest BCUT2D eigenvalue weighted by Crippen LogP contribution is 2.34. The minimum atomic E-state index is -0.640. The van der Waals surface area contributed by atoms with Crippen molar-refractivity contribution in [1.82, 2.24) is 5.32 Å². The van der Waals surface area contributed by atoms with E-state index in [4.69, 9.17) is 10.5 Å². The molecule has 6 heteroatoms. The largest absolute Gasteiger partial charge is 0.351 e. The number of para-hydroxylation sites is 1. The van der Waals surface area contributed by atoms with Gasteiger partial charge in [-0.1, -0.05) is 24.3 Å². The van der Waals surface area contributed by atoms with Gasteiger partial charge in [0.15, 0.2) is 6.35 Å². The number of nitrogens with one attached hydrogen (secondary N) is 1. The molecule has 0 spiro atoms. The fourth-order valence-corrected chi connectivity index (χ4v) is 3.53. The van der Waals surface area contributed by atoms with E-state index in [0.29, 0.717) is 6.61 Å². The second-order valence-electron chi connectivity index (χ2n) is 6.10. The van der Waals surface area contributed by atoms with Crippen LogP contribution in [0.15, 0.2) is 42.5 Å². The molecule has 2 aromatic carbocycles. The summed E-state index contributed by atoms with van der Waals surface area (Å²) in [6.45, 7) is 0.403. The molecular formula is C18H18FN3O2. The normalized spacial score (nSPS) is 22.1. The molecule has 124 valence electrons. The van der Waals surface area contributed by atoms with Crippen LogP contribution in [0.2, 0.25) is 0 Å². The molecule has 0 aromatic heterocycles. The van der Waals surface area contributed by atoms with E-state index in [9.17, 15) is 9.18 Å². The maximum Gasteiger partial charge on any atom is 0.322 e.